The van der Waals surface area contributed by atoms with Crippen LogP contribution in [0, 0.1) is 0 Å². The van der Waals surface area contributed by atoms with Crippen LogP contribution in [0.3, 0.4) is 0 Å². The normalized spacial score (nSPS) is 27.6. The smallest absolute Gasteiger partial charge is 0.224 e. The third-order valence-electron chi connectivity index (χ3n) is 4.41. The lowest BCUT2D eigenvalue weighted by Gasteiger charge is -2.31. The summed E-state index contributed by atoms with van der Waals surface area (Å²) in [6.07, 6.45) is 4.49. The Hall–Kier alpha value is -0.660. The van der Waals surface area contributed by atoms with Gasteiger partial charge in [-0.1, -0.05) is 12.8 Å². The highest BCUT2D eigenvalue weighted by Gasteiger charge is 2.38. The molecule has 0 aromatic rings. The monoisotopic (exact) mass is 304 g/mol. The summed E-state index contributed by atoms with van der Waals surface area (Å²) in [4.78, 5) is 14.0. The first-order valence-electron chi connectivity index (χ1n) is 7.25. The number of aliphatic hydroxyl groups excluding tert-OH is 1. The fourth-order valence-electron chi connectivity index (χ4n) is 3.30. The Kier molecular flexibility index (Phi) is 4.71. The minimum absolute atomic E-state index is 0.0102. The Balaban J connectivity index is 2.02. The Morgan fingerprint density at radius 3 is 2.50 bits per heavy atom. The molecule has 116 valence electrons. The standard InChI is InChI=1S/C13H24N2O4S/c14-13(4-1-2-5-13)9-12(17)15(6-7-16)11-3-8-20(18,19)10-11/h11,16H,1-10,14H2. The maximum Gasteiger partial charge on any atom is 0.224 e. The van der Waals surface area contributed by atoms with E-state index in [4.69, 9.17) is 10.8 Å². The molecule has 1 heterocycles. The molecule has 0 spiro atoms. The number of rotatable bonds is 5. The molecule has 3 N–H and O–H groups in total. The molecule has 20 heavy (non-hydrogen) atoms. The van der Waals surface area contributed by atoms with Crippen molar-refractivity contribution in [3.05, 3.63) is 0 Å². The summed E-state index contributed by atoms with van der Waals surface area (Å²) in [6.45, 7) is 0.0367. The summed E-state index contributed by atoms with van der Waals surface area (Å²) in [7, 11) is -3.04. The summed E-state index contributed by atoms with van der Waals surface area (Å²) in [5.74, 6) is 0.0160. The van der Waals surface area contributed by atoms with Crippen molar-refractivity contribution in [1.29, 1.82) is 0 Å². The van der Waals surface area contributed by atoms with Crippen LogP contribution in [0.2, 0.25) is 0 Å². The fourth-order valence-corrected chi connectivity index (χ4v) is 5.03. The van der Waals surface area contributed by atoms with Crippen LogP contribution in [-0.4, -0.2) is 60.6 Å². The van der Waals surface area contributed by atoms with Gasteiger partial charge in [-0.15, -0.1) is 0 Å². The Morgan fingerprint density at radius 1 is 1.35 bits per heavy atom. The van der Waals surface area contributed by atoms with Gasteiger partial charge in [0.2, 0.25) is 5.91 Å². The van der Waals surface area contributed by atoms with E-state index in [0.29, 0.717) is 6.42 Å². The molecule has 7 heteroatoms. The number of hydrogen-bond donors (Lipinski definition) is 2. The number of sulfone groups is 1. The van der Waals surface area contributed by atoms with Crippen LogP contribution in [0.4, 0.5) is 0 Å². The molecule has 1 saturated heterocycles. The highest BCUT2D eigenvalue weighted by molar-refractivity contribution is 7.91. The van der Waals surface area contributed by atoms with Crippen LogP contribution in [0.1, 0.15) is 38.5 Å². The van der Waals surface area contributed by atoms with E-state index in [2.05, 4.69) is 0 Å². The summed E-state index contributed by atoms with van der Waals surface area (Å²) >= 11 is 0. The van der Waals surface area contributed by atoms with Crippen molar-refractivity contribution < 1.29 is 18.3 Å². The van der Waals surface area contributed by atoms with Crippen molar-refractivity contribution >= 4 is 15.7 Å². The molecule has 1 unspecified atom stereocenters. The van der Waals surface area contributed by atoms with Crippen molar-refractivity contribution in [3.63, 3.8) is 0 Å². The summed E-state index contributed by atoms with van der Waals surface area (Å²) in [6, 6.07) is -0.301. The lowest BCUT2D eigenvalue weighted by molar-refractivity contribution is -0.134. The molecular formula is C13H24N2O4S. The highest BCUT2D eigenvalue weighted by atomic mass is 32.2. The summed E-state index contributed by atoms with van der Waals surface area (Å²) in [5.41, 5.74) is 5.78. The van der Waals surface area contributed by atoms with E-state index in [9.17, 15) is 13.2 Å². The van der Waals surface area contributed by atoms with E-state index in [1.807, 2.05) is 0 Å². The predicted octanol–water partition coefficient (Wildman–Crippen LogP) is -0.344. The van der Waals surface area contributed by atoms with Gasteiger partial charge in [0.25, 0.3) is 0 Å². The molecule has 1 aliphatic heterocycles. The van der Waals surface area contributed by atoms with Gasteiger partial charge in [0.15, 0.2) is 9.84 Å². The number of nitrogens with zero attached hydrogens (tertiary/aromatic N) is 1. The van der Waals surface area contributed by atoms with Gasteiger partial charge in [0, 0.05) is 24.5 Å². The Morgan fingerprint density at radius 2 is 2.00 bits per heavy atom. The van der Waals surface area contributed by atoms with Crippen molar-refractivity contribution in [1.82, 2.24) is 4.90 Å². The van der Waals surface area contributed by atoms with Crippen LogP contribution in [0.25, 0.3) is 0 Å². The molecule has 6 nitrogen and oxygen atoms in total. The first kappa shape index (κ1) is 15.7. The number of nitrogens with two attached hydrogens (primary N) is 1. The molecule has 0 aromatic carbocycles. The zero-order chi connectivity index (χ0) is 14.8. The van der Waals surface area contributed by atoms with Crippen LogP contribution < -0.4 is 5.73 Å². The second-order valence-corrected chi connectivity index (χ2v) is 8.34. The van der Waals surface area contributed by atoms with Crippen LogP contribution in [0.15, 0.2) is 0 Å². The molecule has 2 fully saturated rings. The van der Waals surface area contributed by atoms with Gasteiger partial charge in [-0.25, -0.2) is 8.42 Å². The van der Waals surface area contributed by atoms with Crippen LogP contribution >= 0.6 is 0 Å². The first-order valence-corrected chi connectivity index (χ1v) is 9.07. The van der Waals surface area contributed by atoms with Crippen molar-refractivity contribution in [3.8, 4) is 0 Å². The minimum Gasteiger partial charge on any atom is -0.395 e. The van der Waals surface area contributed by atoms with E-state index in [1.165, 1.54) is 4.90 Å². The van der Waals surface area contributed by atoms with E-state index < -0.39 is 15.4 Å². The molecule has 1 amide bonds. The maximum absolute atomic E-state index is 12.4. The van der Waals surface area contributed by atoms with Crippen molar-refractivity contribution in [2.24, 2.45) is 5.73 Å². The SMILES string of the molecule is NC1(CC(=O)N(CCO)C2CCS(=O)(=O)C2)CCCC1. The second kappa shape index (κ2) is 5.99. The van der Waals surface area contributed by atoms with Gasteiger partial charge in [-0.05, 0) is 19.3 Å². The molecule has 2 aliphatic rings. The Bertz CT molecular complexity index is 457. The lowest BCUT2D eigenvalue weighted by atomic mass is 9.93. The van der Waals surface area contributed by atoms with Crippen molar-refractivity contribution in [2.45, 2.75) is 50.1 Å². The number of carbonyl (C=O) groups is 1. The molecule has 1 saturated carbocycles. The van der Waals surface area contributed by atoms with Gasteiger partial charge in [-0.2, -0.15) is 0 Å². The average molecular weight is 304 g/mol. The summed E-state index contributed by atoms with van der Waals surface area (Å²) < 4.78 is 23.1. The van der Waals surface area contributed by atoms with Gasteiger partial charge in [0.1, 0.15) is 0 Å². The molecule has 1 atom stereocenters. The number of aliphatic hydroxyl groups is 1. The molecule has 0 radical (unpaired) electrons. The predicted molar refractivity (Wildman–Crippen MR) is 75.9 cm³/mol. The molecule has 1 aliphatic carbocycles. The molecular weight excluding hydrogens is 280 g/mol. The largest absolute Gasteiger partial charge is 0.395 e. The fraction of sp³-hybridized carbons (Fsp3) is 0.923. The van der Waals surface area contributed by atoms with Gasteiger partial charge in [0.05, 0.1) is 18.1 Å². The van der Waals surface area contributed by atoms with Gasteiger partial charge >= 0.3 is 0 Å². The summed E-state index contributed by atoms with van der Waals surface area (Å²) in [5, 5.41) is 9.13. The molecule has 2 rings (SSSR count). The first-order chi connectivity index (χ1) is 9.35. The third-order valence-corrected chi connectivity index (χ3v) is 6.16. The number of carbonyl (C=O) groups excluding carboxylic acids is 1. The Labute approximate surface area is 120 Å². The lowest BCUT2D eigenvalue weighted by Crippen LogP contribution is -2.48. The zero-order valence-electron chi connectivity index (χ0n) is 11.8. The minimum atomic E-state index is -3.04. The van der Waals surface area contributed by atoms with E-state index in [0.717, 1.165) is 25.7 Å². The second-order valence-electron chi connectivity index (χ2n) is 6.11. The maximum atomic E-state index is 12.4. The van der Waals surface area contributed by atoms with E-state index in [-0.39, 0.29) is 43.0 Å². The van der Waals surface area contributed by atoms with Gasteiger partial charge in [-0.3, -0.25) is 4.79 Å². The van der Waals surface area contributed by atoms with Crippen LogP contribution in [-0.2, 0) is 14.6 Å². The third kappa shape index (κ3) is 3.71. The van der Waals surface area contributed by atoms with Crippen molar-refractivity contribution in [2.75, 3.05) is 24.7 Å². The van der Waals surface area contributed by atoms with E-state index >= 15 is 0 Å². The quantitative estimate of drug-likeness (QED) is 0.723. The highest BCUT2D eigenvalue weighted by Crippen LogP contribution is 2.31. The topological polar surface area (TPSA) is 101 Å². The molecule has 0 aromatic heterocycles. The van der Waals surface area contributed by atoms with Crippen LogP contribution in [0.5, 0.6) is 0 Å². The van der Waals surface area contributed by atoms with Gasteiger partial charge < -0.3 is 15.7 Å². The zero-order valence-corrected chi connectivity index (χ0v) is 12.6. The number of hydrogen-bond acceptors (Lipinski definition) is 5. The average Bonchev–Trinajstić information content (AvgIpc) is 2.92. The molecule has 0 bridgehead atoms. The number of amides is 1. The van der Waals surface area contributed by atoms with E-state index in [1.54, 1.807) is 0 Å².